The summed E-state index contributed by atoms with van der Waals surface area (Å²) in [6, 6.07) is 17.2. The van der Waals surface area contributed by atoms with Crippen LogP contribution in [0.25, 0.3) is 22.1 Å². The van der Waals surface area contributed by atoms with Gasteiger partial charge in [-0.15, -0.1) is 0 Å². The van der Waals surface area contributed by atoms with Gasteiger partial charge in [-0.2, -0.15) is 0 Å². The van der Waals surface area contributed by atoms with Crippen LogP contribution < -0.4 is 5.56 Å². The predicted octanol–water partition coefficient (Wildman–Crippen LogP) is 3.58. The Balaban J connectivity index is 1.64. The Hall–Kier alpha value is -3.41. The lowest BCUT2D eigenvalue weighted by atomic mass is 10.2. The molecular weight excluding hydrogens is 354 g/mol. The minimum Gasteiger partial charge on any atom is -0.448 e. The Morgan fingerprint density at radius 2 is 1.82 bits per heavy atom. The largest absolute Gasteiger partial charge is 0.448 e. The molecule has 0 radical (unpaired) electrons. The number of aromatic nitrogens is 2. The first-order chi connectivity index (χ1) is 13.5. The van der Waals surface area contributed by atoms with E-state index >= 15 is 0 Å². The molecule has 0 fully saturated rings. The van der Waals surface area contributed by atoms with Crippen LogP contribution in [-0.4, -0.2) is 26.4 Å². The van der Waals surface area contributed by atoms with Crippen molar-refractivity contribution in [2.45, 2.75) is 33.0 Å². The van der Waals surface area contributed by atoms with E-state index in [0.717, 1.165) is 10.9 Å². The number of fused-ring (bicyclic) bond motifs is 3. The fourth-order valence-electron chi connectivity index (χ4n) is 3.30. The fourth-order valence-corrected chi connectivity index (χ4v) is 3.30. The molecule has 0 spiro atoms. The SMILES string of the molecule is CC(C)N(Cc1ccccc1)C(=O)Cn1cnc2c(oc3ccccc32)c1=O. The van der Waals surface area contributed by atoms with Crippen LogP contribution in [0, 0.1) is 0 Å². The zero-order chi connectivity index (χ0) is 19.7. The molecule has 28 heavy (non-hydrogen) atoms. The van der Waals surface area contributed by atoms with Crippen molar-refractivity contribution in [2.24, 2.45) is 0 Å². The van der Waals surface area contributed by atoms with Crippen LogP contribution in [0.15, 0.2) is 70.1 Å². The molecule has 142 valence electrons. The Morgan fingerprint density at radius 3 is 2.57 bits per heavy atom. The number of carbonyl (C=O) groups excluding carboxylic acids is 1. The van der Waals surface area contributed by atoms with Gasteiger partial charge < -0.3 is 9.32 Å². The second-order valence-corrected chi connectivity index (χ2v) is 7.05. The normalized spacial score (nSPS) is 11.4. The van der Waals surface area contributed by atoms with Crippen molar-refractivity contribution in [3.8, 4) is 0 Å². The maximum atomic E-state index is 12.9. The number of benzene rings is 2. The van der Waals surface area contributed by atoms with E-state index in [1.165, 1.54) is 10.9 Å². The first-order valence-corrected chi connectivity index (χ1v) is 9.24. The van der Waals surface area contributed by atoms with E-state index < -0.39 is 0 Å². The molecule has 4 rings (SSSR count). The minimum absolute atomic E-state index is 0.00583. The highest BCUT2D eigenvalue weighted by Gasteiger charge is 2.20. The molecule has 0 unspecified atom stereocenters. The first kappa shape index (κ1) is 18.0. The molecule has 2 aromatic carbocycles. The van der Waals surface area contributed by atoms with E-state index in [9.17, 15) is 9.59 Å². The highest BCUT2D eigenvalue weighted by atomic mass is 16.3. The maximum absolute atomic E-state index is 12.9. The van der Waals surface area contributed by atoms with E-state index in [2.05, 4.69) is 4.98 Å². The van der Waals surface area contributed by atoms with Crippen LogP contribution in [0.5, 0.6) is 0 Å². The summed E-state index contributed by atoms with van der Waals surface area (Å²) in [7, 11) is 0. The summed E-state index contributed by atoms with van der Waals surface area (Å²) in [6.45, 7) is 4.34. The lowest BCUT2D eigenvalue weighted by molar-refractivity contribution is -0.134. The van der Waals surface area contributed by atoms with Crippen molar-refractivity contribution in [1.82, 2.24) is 14.5 Å². The van der Waals surface area contributed by atoms with E-state index in [1.807, 2.05) is 62.4 Å². The van der Waals surface area contributed by atoms with E-state index in [-0.39, 0.29) is 29.6 Å². The standard InChI is InChI=1S/C22H21N3O3/c1-15(2)25(12-16-8-4-3-5-9-16)19(26)13-24-14-23-20-17-10-6-7-11-18(17)28-21(20)22(24)27/h3-11,14-15H,12-13H2,1-2H3. The predicted molar refractivity (Wildman–Crippen MR) is 108 cm³/mol. The average Bonchev–Trinajstić information content (AvgIpc) is 3.08. The van der Waals surface area contributed by atoms with Gasteiger partial charge in [0.2, 0.25) is 11.5 Å². The van der Waals surface area contributed by atoms with E-state index in [0.29, 0.717) is 17.6 Å². The molecule has 2 heterocycles. The molecule has 2 aromatic heterocycles. The number of nitrogens with zero attached hydrogens (tertiary/aromatic N) is 3. The lowest BCUT2D eigenvalue weighted by Crippen LogP contribution is -2.40. The summed E-state index contributed by atoms with van der Waals surface area (Å²) in [5, 5.41) is 0.793. The minimum atomic E-state index is -0.349. The zero-order valence-electron chi connectivity index (χ0n) is 15.8. The molecule has 0 atom stereocenters. The van der Waals surface area contributed by atoms with Crippen molar-refractivity contribution in [1.29, 1.82) is 0 Å². The number of furan rings is 1. The molecule has 0 saturated carbocycles. The van der Waals surface area contributed by atoms with Crippen LogP contribution in [0.2, 0.25) is 0 Å². The van der Waals surface area contributed by atoms with Gasteiger partial charge in [-0.25, -0.2) is 4.98 Å². The summed E-state index contributed by atoms with van der Waals surface area (Å²) >= 11 is 0. The Bertz CT molecular complexity index is 1190. The number of hydrogen-bond acceptors (Lipinski definition) is 4. The molecule has 0 N–H and O–H groups in total. The Labute approximate surface area is 162 Å². The van der Waals surface area contributed by atoms with Crippen LogP contribution in [0.4, 0.5) is 0 Å². The smallest absolute Gasteiger partial charge is 0.297 e. The van der Waals surface area contributed by atoms with Crippen molar-refractivity contribution in [3.05, 3.63) is 76.8 Å². The third-order valence-corrected chi connectivity index (χ3v) is 4.80. The summed E-state index contributed by atoms with van der Waals surface area (Å²) in [5.41, 5.74) is 2.00. The quantitative estimate of drug-likeness (QED) is 0.535. The summed E-state index contributed by atoms with van der Waals surface area (Å²) in [5.74, 6) is -0.141. The molecule has 0 aliphatic rings. The number of rotatable bonds is 5. The maximum Gasteiger partial charge on any atom is 0.297 e. The zero-order valence-corrected chi connectivity index (χ0v) is 15.8. The molecule has 4 aromatic rings. The third kappa shape index (κ3) is 3.29. The number of para-hydroxylation sites is 1. The molecule has 0 saturated heterocycles. The van der Waals surface area contributed by atoms with Gasteiger partial charge in [-0.3, -0.25) is 14.2 Å². The molecule has 6 heteroatoms. The second kappa shape index (κ2) is 7.31. The van der Waals surface area contributed by atoms with Crippen molar-refractivity contribution in [3.63, 3.8) is 0 Å². The van der Waals surface area contributed by atoms with E-state index in [1.54, 1.807) is 11.0 Å². The van der Waals surface area contributed by atoms with Crippen LogP contribution in [0.1, 0.15) is 19.4 Å². The highest BCUT2D eigenvalue weighted by molar-refractivity contribution is 6.01. The highest BCUT2D eigenvalue weighted by Crippen LogP contribution is 2.24. The van der Waals surface area contributed by atoms with Gasteiger partial charge in [0, 0.05) is 18.0 Å². The Morgan fingerprint density at radius 1 is 1.11 bits per heavy atom. The first-order valence-electron chi connectivity index (χ1n) is 9.24. The van der Waals surface area contributed by atoms with Crippen LogP contribution in [0.3, 0.4) is 0 Å². The Kier molecular flexibility index (Phi) is 4.69. The molecule has 1 amide bonds. The average molecular weight is 375 g/mol. The monoisotopic (exact) mass is 375 g/mol. The second-order valence-electron chi connectivity index (χ2n) is 7.05. The number of amides is 1. The summed E-state index contributed by atoms with van der Waals surface area (Å²) < 4.78 is 7.00. The van der Waals surface area contributed by atoms with Gasteiger partial charge >= 0.3 is 0 Å². The third-order valence-electron chi connectivity index (χ3n) is 4.80. The van der Waals surface area contributed by atoms with Gasteiger partial charge in [0.05, 0.1) is 6.33 Å². The van der Waals surface area contributed by atoms with Crippen molar-refractivity contribution in [2.75, 3.05) is 0 Å². The molecule has 0 aliphatic carbocycles. The molecular formula is C22H21N3O3. The van der Waals surface area contributed by atoms with Crippen LogP contribution in [-0.2, 0) is 17.9 Å². The molecule has 0 bridgehead atoms. The van der Waals surface area contributed by atoms with Gasteiger partial charge in [0.1, 0.15) is 17.6 Å². The van der Waals surface area contributed by atoms with E-state index in [4.69, 9.17) is 4.42 Å². The number of hydrogen-bond donors (Lipinski definition) is 0. The van der Waals surface area contributed by atoms with Gasteiger partial charge in [0.15, 0.2) is 0 Å². The molecule has 6 nitrogen and oxygen atoms in total. The lowest BCUT2D eigenvalue weighted by Gasteiger charge is -2.27. The van der Waals surface area contributed by atoms with Crippen molar-refractivity contribution >= 4 is 28.0 Å². The summed E-state index contributed by atoms with van der Waals surface area (Å²) in [4.78, 5) is 31.9. The van der Waals surface area contributed by atoms with Crippen molar-refractivity contribution < 1.29 is 9.21 Å². The van der Waals surface area contributed by atoms with Gasteiger partial charge in [-0.05, 0) is 31.5 Å². The number of carbonyl (C=O) groups is 1. The van der Waals surface area contributed by atoms with Gasteiger partial charge in [-0.1, -0.05) is 42.5 Å². The summed E-state index contributed by atoms with van der Waals surface area (Å²) in [6.07, 6.45) is 1.42. The van der Waals surface area contributed by atoms with Crippen LogP contribution >= 0.6 is 0 Å². The topological polar surface area (TPSA) is 68.3 Å². The van der Waals surface area contributed by atoms with Gasteiger partial charge in [0.25, 0.3) is 5.56 Å². The molecule has 0 aliphatic heterocycles. The fraction of sp³-hybridized carbons (Fsp3) is 0.227.